The number of carbonyl (C=O) groups excluding carboxylic acids is 1. The van der Waals surface area contributed by atoms with Crippen LogP contribution < -0.4 is 5.32 Å². The average Bonchev–Trinajstić information content (AvgIpc) is 2.69. The molecule has 2 unspecified atom stereocenters. The van der Waals surface area contributed by atoms with E-state index in [4.69, 9.17) is 0 Å². The Morgan fingerprint density at radius 1 is 1.47 bits per heavy atom. The van der Waals surface area contributed by atoms with Crippen LogP contribution in [0.15, 0.2) is 0 Å². The van der Waals surface area contributed by atoms with Gasteiger partial charge in [-0.1, -0.05) is 29.8 Å². The van der Waals surface area contributed by atoms with Gasteiger partial charge in [-0.15, -0.1) is 0 Å². The Balaban J connectivity index is 2.27. The lowest BCUT2D eigenvalue weighted by atomic mass is 10.1. The van der Waals surface area contributed by atoms with E-state index >= 15 is 0 Å². The molecule has 0 aromatic carbocycles. The first kappa shape index (κ1) is 16.8. The van der Waals surface area contributed by atoms with Crippen LogP contribution >= 0.6 is 15.9 Å². The Morgan fingerprint density at radius 3 is 2.63 bits per heavy atom. The van der Waals surface area contributed by atoms with Gasteiger partial charge in [-0.2, -0.15) is 13.2 Å². The van der Waals surface area contributed by atoms with Crippen molar-refractivity contribution in [2.45, 2.75) is 31.3 Å². The second-order valence-electron chi connectivity index (χ2n) is 5.40. The van der Waals surface area contributed by atoms with Crippen LogP contribution in [0.2, 0.25) is 0 Å². The molecule has 0 bridgehead atoms. The Hall–Kier alpha value is -0.300. The summed E-state index contributed by atoms with van der Waals surface area (Å²) < 4.78 is 36.7. The molecule has 19 heavy (non-hydrogen) atoms. The van der Waals surface area contributed by atoms with E-state index < -0.39 is 12.7 Å². The van der Waals surface area contributed by atoms with Crippen LogP contribution in [-0.4, -0.2) is 48.0 Å². The number of alkyl halides is 4. The van der Waals surface area contributed by atoms with Gasteiger partial charge >= 0.3 is 6.18 Å². The highest BCUT2D eigenvalue weighted by Crippen LogP contribution is 2.22. The van der Waals surface area contributed by atoms with E-state index in [1.807, 2.05) is 13.8 Å². The highest BCUT2D eigenvalue weighted by atomic mass is 79.9. The molecule has 0 aliphatic carbocycles. The van der Waals surface area contributed by atoms with Gasteiger partial charge < -0.3 is 5.32 Å². The summed E-state index contributed by atoms with van der Waals surface area (Å²) >= 11 is 3.30. The van der Waals surface area contributed by atoms with Crippen LogP contribution in [0.3, 0.4) is 0 Å². The van der Waals surface area contributed by atoms with Crippen molar-refractivity contribution >= 4 is 21.8 Å². The molecule has 1 aliphatic rings. The minimum Gasteiger partial charge on any atom is -0.355 e. The topological polar surface area (TPSA) is 32.3 Å². The second kappa shape index (κ2) is 6.92. The molecular weight excluding hydrogens is 325 g/mol. The molecule has 1 saturated heterocycles. The fraction of sp³-hybridized carbons (Fsp3) is 0.917. The predicted molar refractivity (Wildman–Crippen MR) is 71.2 cm³/mol. The van der Waals surface area contributed by atoms with Crippen molar-refractivity contribution in [3.05, 3.63) is 0 Å². The maximum Gasteiger partial charge on any atom is 0.401 e. The lowest BCUT2D eigenvalue weighted by Crippen LogP contribution is -2.38. The van der Waals surface area contributed by atoms with Crippen LogP contribution in [0, 0.1) is 11.8 Å². The molecule has 0 aromatic rings. The van der Waals surface area contributed by atoms with Crippen molar-refractivity contribution < 1.29 is 18.0 Å². The van der Waals surface area contributed by atoms with Crippen LogP contribution in [0.25, 0.3) is 0 Å². The summed E-state index contributed by atoms with van der Waals surface area (Å²) in [5, 5.41) is 2.80. The Labute approximate surface area is 120 Å². The van der Waals surface area contributed by atoms with Gasteiger partial charge in [0.1, 0.15) is 0 Å². The lowest BCUT2D eigenvalue weighted by molar-refractivity contribution is -0.143. The molecule has 112 valence electrons. The Kier molecular flexibility index (Phi) is 6.11. The largest absolute Gasteiger partial charge is 0.401 e. The van der Waals surface area contributed by atoms with Crippen molar-refractivity contribution in [3.63, 3.8) is 0 Å². The smallest absolute Gasteiger partial charge is 0.355 e. The normalized spacial score (nSPS) is 22.8. The number of hydrogen-bond acceptors (Lipinski definition) is 2. The van der Waals surface area contributed by atoms with Gasteiger partial charge in [0.2, 0.25) is 5.91 Å². The fourth-order valence-electron chi connectivity index (χ4n) is 2.12. The van der Waals surface area contributed by atoms with E-state index in [0.29, 0.717) is 26.1 Å². The highest BCUT2D eigenvalue weighted by Gasteiger charge is 2.34. The van der Waals surface area contributed by atoms with Gasteiger partial charge in [0.25, 0.3) is 0 Å². The van der Waals surface area contributed by atoms with Crippen LogP contribution in [0.5, 0.6) is 0 Å². The summed E-state index contributed by atoms with van der Waals surface area (Å²) in [5.74, 6) is 0.202. The summed E-state index contributed by atoms with van der Waals surface area (Å²) in [6.45, 7) is 4.29. The average molecular weight is 345 g/mol. The monoisotopic (exact) mass is 344 g/mol. The van der Waals surface area contributed by atoms with E-state index in [1.54, 1.807) is 0 Å². The minimum absolute atomic E-state index is 0.0933. The fourth-order valence-corrected chi connectivity index (χ4v) is 2.28. The molecule has 0 radical (unpaired) electrons. The SMILES string of the molecule is CC(C)C(Br)C(=O)NCC1CCN(CC(F)(F)F)C1. The minimum atomic E-state index is -4.14. The first-order valence-corrected chi connectivity index (χ1v) is 7.31. The summed E-state index contributed by atoms with van der Waals surface area (Å²) in [6.07, 6.45) is -3.44. The molecule has 1 heterocycles. The van der Waals surface area contributed by atoms with Gasteiger partial charge in [0.15, 0.2) is 0 Å². The number of halogens is 4. The number of nitrogens with one attached hydrogen (secondary N) is 1. The van der Waals surface area contributed by atoms with Crippen molar-refractivity contribution in [2.75, 3.05) is 26.2 Å². The third-order valence-corrected chi connectivity index (χ3v) is 4.65. The quantitative estimate of drug-likeness (QED) is 0.776. The molecule has 3 nitrogen and oxygen atoms in total. The zero-order valence-corrected chi connectivity index (χ0v) is 12.7. The summed E-state index contributed by atoms with van der Waals surface area (Å²) in [5.41, 5.74) is 0. The standard InChI is InChI=1S/C12H20BrF3N2O/c1-8(2)10(13)11(19)17-5-9-3-4-18(6-9)7-12(14,15)16/h8-10H,3-7H2,1-2H3,(H,17,19). The van der Waals surface area contributed by atoms with E-state index in [9.17, 15) is 18.0 Å². The van der Waals surface area contributed by atoms with Gasteiger partial charge in [0.05, 0.1) is 11.4 Å². The molecule has 1 aliphatic heterocycles. The third kappa shape index (κ3) is 6.12. The molecule has 1 amide bonds. The maximum absolute atomic E-state index is 12.2. The van der Waals surface area contributed by atoms with Gasteiger partial charge in [-0.25, -0.2) is 0 Å². The van der Waals surface area contributed by atoms with Gasteiger partial charge in [0, 0.05) is 13.1 Å². The molecule has 1 fully saturated rings. The van der Waals surface area contributed by atoms with Crippen molar-refractivity contribution in [1.82, 2.24) is 10.2 Å². The predicted octanol–water partition coefficient (Wildman–Crippen LogP) is 2.41. The number of likely N-dealkylation sites (tertiary alicyclic amines) is 1. The van der Waals surface area contributed by atoms with Crippen molar-refractivity contribution in [2.24, 2.45) is 11.8 Å². The van der Waals surface area contributed by atoms with E-state index in [1.165, 1.54) is 4.90 Å². The zero-order valence-electron chi connectivity index (χ0n) is 11.1. The highest BCUT2D eigenvalue weighted by molar-refractivity contribution is 9.10. The first-order chi connectivity index (χ1) is 8.69. The maximum atomic E-state index is 12.2. The van der Waals surface area contributed by atoms with Crippen LogP contribution in [0.1, 0.15) is 20.3 Å². The molecule has 1 N–H and O–H groups in total. The lowest BCUT2D eigenvalue weighted by Gasteiger charge is -2.19. The third-order valence-electron chi connectivity index (χ3n) is 3.17. The molecule has 0 saturated carbocycles. The van der Waals surface area contributed by atoms with Crippen LogP contribution in [0.4, 0.5) is 13.2 Å². The Bertz CT molecular complexity index is 310. The number of rotatable bonds is 5. The molecular formula is C12H20BrF3N2O. The molecule has 7 heteroatoms. The van der Waals surface area contributed by atoms with Crippen LogP contribution in [-0.2, 0) is 4.79 Å². The van der Waals surface area contributed by atoms with Gasteiger partial charge in [-0.3, -0.25) is 9.69 Å². The molecule has 2 atom stereocenters. The van der Waals surface area contributed by atoms with E-state index in [-0.39, 0.29) is 22.6 Å². The number of carbonyl (C=O) groups is 1. The number of amides is 1. The van der Waals surface area contributed by atoms with E-state index in [0.717, 1.165) is 0 Å². The second-order valence-corrected chi connectivity index (χ2v) is 6.38. The summed E-state index contributed by atoms with van der Waals surface area (Å²) in [7, 11) is 0. The zero-order chi connectivity index (χ0) is 14.6. The molecule has 1 rings (SSSR count). The summed E-state index contributed by atoms with van der Waals surface area (Å²) in [6, 6.07) is 0. The molecule has 0 aromatic heterocycles. The first-order valence-electron chi connectivity index (χ1n) is 6.40. The van der Waals surface area contributed by atoms with Crippen molar-refractivity contribution in [3.8, 4) is 0 Å². The molecule has 0 spiro atoms. The number of nitrogens with zero attached hydrogens (tertiary/aromatic N) is 1. The summed E-state index contributed by atoms with van der Waals surface area (Å²) in [4.78, 5) is 12.8. The van der Waals surface area contributed by atoms with Gasteiger partial charge in [-0.05, 0) is 24.8 Å². The van der Waals surface area contributed by atoms with E-state index in [2.05, 4.69) is 21.2 Å². The Morgan fingerprint density at radius 2 is 2.11 bits per heavy atom. The van der Waals surface area contributed by atoms with Crippen molar-refractivity contribution in [1.29, 1.82) is 0 Å². The number of hydrogen-bond donors (Lipinski definition) is 1.